The first-order valence-corrected chi connectivity index (χ1v) is 6.48. The number of hydrogen-bond donors (Lipinski definition) is 2. The fourth-order valence-corrected chi connectivity index (χ4v) is 3.39. The standard InChI is InChI=1S/C13H17N5/c1-18(7-13-4-9(13)5-14-6-13)12-10-2-3-15-11(10)16-8-17-12/h2-3,8-9,14H,4-7H2,1H3,(H,15,16,17). The Morgan fingerprint density at radius 1 is 1.50 bits per heavy atom. The molecule has 2 aliphatic rings. The van der Waals surface area contributed by atoms with Crippen molar-refractivity contribution in [1.29, 1.82) is 0 Å². The summed E-state index contributed by atoms with van der Waals surface area (Å²) in [6.07, 6.45) is 4.93. The van der Waals surface area contributed by atoms with Crippen molar-refractivity contribution in [2.24, 2.45) is 11.3 Å². The van der Waals surface area contributed by atoms with E-state index in [1.54, 1.807) is 6.33 Å². The van der Waals surface area contributed by atoms with Gasteiger partial charge >= 0.3 is 0 Å². The third-order valence-electron chi connectivity index (χ3n) is 4.47. The van der Waals surface area contributed by atoms with Crippen LogP contribution in [0.5, 0.6) is 0 Å². The smallest absolute Gasteiger partial charge is 0.142 e. The Bertz CT molecular complexity index is 592. The van der Waals surface area contributed by atoms with Gasteiger partial charge in [0.05, 0.1) is 5.39 Å². The predicted octanol–water partition coefficient (Wildman–Crippen LogP) is 1.00. The summed E-state index contributed by atoms with van der Waals surface area (Å²) < 4.78 is 0. The maximum absolute atomic E-state index is 4.45. The molecule has 2 fully saturated rings. The zero-order valence-electron chi connectivity index (χ0n) is 10.5. The van der Waals surface area contributed by atoms with E-state index in [1.165, 1.54) is 13.0 Å². The van der Waals surface area contributed by atoms with Gasteiger partial charge in [-0.1, -0.05) is 0 Å². The highest BCUT2D eigenvalue weighted by Crippen LogP contribution is 2.55. The number of rotatable bonds is 3. The lowest BCUT2D eigenvalue weighted by atomic mass is 10.1. The minimum absolute atomic E-state index is 0.502. The molecule has 1 aliphatic heterocycles. The van der Waals surface area contributed by atoms with Crippen molar-refractivity contribution in [3.05, 3.63) is 18.6 Å². The second-order valence-corrected chi connectivity index (χ2v) is 5.69. The van der Waals surface area contributed by atoms with Crippen molar-refractivity contribution >= 4 is 16.9 Å². The summed E-state index contributed by atoms with van der Waals surface area (Å²) in [5, 5.41) is 4.60. The first-order valence-electron chi connectivity index (χ1n) is 6.48. The van der Waals surface area contributed by atoms with Gasteiger partial charge in [-0.25, -0.2) is 9.97 Å². The summed E-state index contributed by atoms with van der Waals surface area (Å²) in [5.74, 6) is 1.91. The highest BCUT2D eigenvalue weighted by molar-refractivity contribution is 5.87. The van der Waals surface area contributed by atoms with E-state index in [2.05, 4.69) is 38.3 Å². The monoisotopic (exact) mass is 243 g/mol. The molecule has 5 nitrogen and oxygen atoms in total. The van der Waals surface area contributed by atoms with Gasteiger partial charge in [0, 0.05) is 31.7 Å². The van der Waals surface area contributed by atoms with Gasteiger partial charge < -0.3 is 15.2 Å². The Balaban J connectivity index is 1.64. The van der Waals surface area contributed by atoms with Crippen LogP contribution in [0.15, 0.2) is 18.6 Å². The predicted molar refractivity (Wildman–Crippen MR) is 70.6 cm³/mol. The molecule has 2 N–H and O–H groups in total. The number of aromatic amines is 1. The number of piperidine rings is 1. The van der Waals surface area contributed by atoms with E-state index in [0.29, 0.717) is 5.41 Å². The summed E-state index contributed by atoms with van der Waals surface area (Å²) >= 11 is 0. The van der Waals surface area contributed by atoms with Gasteiger partial charge in [-0.3, -0.25) is 0 Å². The molecule has 3 heterocycles. The molecule has 2 aromatic heterocycles. The molecule has 0 aromatic carbocycles. The SMILES string of the molecule is CN(CC12CNCC1C2)c1ncnc2[nH]ccc12. The number of nitrogens with one attached hydrogen (secondary N) is 2. The summed E-state index contributed by atoms with van der Waals surface area (Å²) in [5.41, 5.74) is 1.42. The zero-order valence-corrected chi connectivity index (χ0v) is 10.5. The summed E-state index contributed by atoms with van der Waals surface area (Å²) in [4.78, 5) is 14.1. The normalized spacial score (nSPS) is 29.5. The Kier molecular flexibility index (Phi) is 1.97. The second-order valence-electron chi connectivity index (χ2n) is 5.69. The lowest BCUT2D eigenvalue weighted by Crippen LogP contribution is -2.31. The van der Waals surface area contributed by atoms with E-state index in [0.717, 1.165) is 35.9 Å². The zero-order chi connectivity index (χ0) is 12.2. The van der Waals surface area contributed by atoms with Gasteiger partial charge in [-0.05, 0) is 24.9 Å². The molecule has 0 bridgehead atoms. The molecule has 1 saturated heterocycles. The second kappa shape index (κ2) is 3.45. The summed E-state index contributed by atoms with van der Waals surface area (Å²) in [6, 6.07) is 2.05. The van der Waals surface area contributed by atoms with Crippen LogP contribution in [-0.2, 0) is 0 Å². The third-order valence-corrected chi connectivity index (χ3v) is 4.47. The van der Waals surface area contributed by atoms with Crippen molar-refractivity contribution < 1.29 is 0 Å². The van der Waals surface area contributed by atoms with E-state index in [4.69, 9.17) is 0 Å². The number of fused-ring (bicyclic) bond motifs is 2. The largest absolute Gasteiger partial charge is 0.358 e. The van der Waals surface area contributed by atoms with Crippen LogP contribution in [-0.4, -0.2) is 41.6 Å². The molecule has 18 heavy (non-hydrogen) atoms. The van der Waals surface area contributed by atoms with Crippen LogP contribution in [0, 0.1) is 11.3 Å². The number of hydrogen-bond acceptors (Lipinski definition) is 4. The van der Waals surface area contributed by atoms with Crippen molar-refractivity contribution in [1.82, 2.24) is 20.3 Å². The third kappa shape index (κ3) is 1.37. The number of nitrogens with zero attached hydrogens (tertiary/aromatic N) is 3. The van der Waals surface area contributed by atoms with Gasteiger partial charge in [0.15, 0.2) is 0 Å². The molecule has 2 unspecified atom stereocenters. The highest BCUT2D eigenvalue weighted by atomic mass is 15.2. The maximum Gasteiger partial charge on any atom is 0.142 e. The molecule has 1 saturated carbocycles. The van der Waals surface area contributed by atoms with Gasteiger partial charge in [-0.2, -0.15) is 0 Å². The van der Waals surface area contributed by atoms with Crippen LogP contribution >= 0.6 is 0 Å². The van der Waals surface area contributed by atoms with Crippen molar-refractivity contribution in [3.8, 4) is 0 Å². The Labute approximate surface area is 106 Å². The number of H-pyrrole nitrogens is 1. The molecule has 5 heteroatoms. The molecule has 1 aliphatic carbocycles. The lowest BCUT2D eigenvalue weighted by Gasteiger charge is -2.23. The fourth-order valence-electron chi connectivity index (χ4n) is 3.39. The number of aromatic nitrogens is 3. The van der Waals surface area contributed by atoms with Crippen LogP contribution in [0.1, 0.15) is 6.42 Å². The molecule has 0 radical (unpaired) electrons. The van der Waals surface area contributed by atoms with Gasteiger partial charge in [0.2, 0.25) is 0 Å². The first-order chi connectivity index (χ1) is 8.78. The fraction of sp³-hybridized carbons (Fsp3) is 0.538. The molecular formula is C13H17N5. The van der Waals surface area contributed by atoms with Crippen LogP contribution in [0.25, 0.3) is 11.0 Å². The lowest BCUT2D eigenvalue weighted by molar-refractivity contribution is 0.513. The Hall–Kier alpha value is -1.62. The van der Waals surface area contributed by atoms with E-state index in [-0.39, 0.29) is 0 Å². The summed E-state index contributed by atoms with van der Waals surface area (Å²) in [7, 11) is 2.14. The minimum Gasteiger partial charge on any atom is -0.358 e. The van der Waals surface area contributed by atoms with Crippen molar-refractivity contribution in [3.63, 3.8) is 0 Å². The van der Waals surface area contributed by atoms with E-state index < -0.39 is 0 Å². The maximum atomic E-state index is 4.45. The molecule has 94 valence electrons. The molecular weight excluding hydrogens is 226 g/mol. The van der Waals surface area contributed by atoms with Gasteiger partial charge in [-0.15, -0.1) is 0 Å². The molecule has 2 atom stereocenters. The topological polar surface area (TPSA) is 56.8 Å². The van der Waals surface area contributed by atoms with E-state index >= 15 is 0 Å². The van der Waals surface area contributed by atoms with Gasteiger partial charge in [0.25, 0.3) is 0 Å². The molecule has 0 amide bonds. The Morgan fingerprint density at radius 3 is 3.22 bits per heavy atom. The van der Waals surface area contributed by atoms with Crippen LogP contribution in [0.2, 0.25) is 0 Å². The molecule has 2 aromatic rings. The minimum atomic E-state index is 0.502. The van der Waals surface area contributed by atoms with Crippen molar-refractivity contribution in [2.75, 3.05) is 31.6 Å². The van der Waals surface area contributed by atoms with E-state index in [1.807, 2.05) is 6.20 Å². The highest BCUT2D eigenvalue weighted by Gasteiger charge is 2.57. The quantitative estimate of drug-likeness (QED) is 0.844. The van der Waals surface area contributed by atoms with Gasteiger partial charge in [0.1, 0.15) is 17.8 Å². The number of anilines is 1. The van der Waals surface area contributed by atoms with Crippen LogP contribution in [0.3, 0.4) is 0 Å². The Morgan fingerprint density at radius 2 is 2.44 bits per heavy atom. The summed E-state index contributed by atoms with van der Waals surface area (Å²) in [6.45, 7) is 3.43. The van der Waals surface area contributed by atoms with Crippen LogP contribution < -0.4 is 10.2 Å². The van der Waals surface area contributed by atoms with Crippen LogP contribution in [0.4, 0.5) is 5.82 Å². The molecule has 4 rings (SSSR count). The molecule has 0 spiro atoms. The first kappa shape index (κ1) is 10.3. The average Bonchev–Trinajstić information content (AvgIpc) is 2.79. The van der Waals surface area contributed by atoms with Crippen molar-refractivity contribution in [2.45, 2.75) is 6.42 Å². The average molecular weight is 243 g/mol. The van der Waals surface area contributed by atoms with E-state index in [9.17, 15) is 0 Å².